The van der Waals surface area contributed by atoms with Crippen LogP contribution in [0.3, 0.4) is 0 Å². The smallest absolute Gasteiger partial charge is 0.257 e. The molecule has 3 heterocycles. The van der Waals surface area contributed by atoms with Crippen LogP contribution in [0, 0.1) is 6.92 Å². The largest absolute Gasteiger partial charge is 0.469 e. The van der Waals surface area contributed by atoms with Crippen molar-refractivity contribution >= 4 is 5.91 Å². The molecule has 1 fully saturated rings. The van der Waals surface area contributed by atoms with Crippen molar-refractivity contribution in [3.63, 3.8) is 0 Å². The van der Waals surface area contributed by atoms with Crippen LogP contribution >= 0.6 is 0 Å². The molecule has 1 saturated heterocycles. The summed E-state index contributed by atoms with van der Waals surface area (Å²) < 4.78 is 5.27. The third-order valence-corrected chi connectivity index (χ3v) is 4.86. The zero-order valence-electron chi connectivity index (χ0n) is 14.2. The number of hydrogen-bond acceptors (Lipinski definition) is 3. The lowest BCUT2D eigenvalue weighted by atomic mass is 9.96. The molecule has 1 atom stereocenters. The average molecular weight is 335 g/mol. The first-order valence-corrected chi connectivity index (χ1v) is 8.66. The molecule has 0 radical (unpaired) electrons. The van der Waals surface area contributed by atoms with Gasteiger partial charge in [-0.05, 0) is 31.4 Å². The summed E-state index contributed by atoms with van der Waals surface area (Å²) in [5.74, 6) is 1.92. The lowest BCUT2D eigenvalue weighted by molar-refractivity contribution is 0.0703. The van der Waals surface area contributed by atoms with Crippen LogP contribution in [-0.2, 0) is 0 Å². The van der Waals surface area contributed by atoms with E-state index in [4.69, 9.17) is 4.42 Å². The van der Waals surface area contributed by atoms with Crippen LogP contribution in [0.2, 0.25) is 0 Å². The predicted molar refractivity (Wildman–Crippen MR) is 95.3 cm³/mol. The molecule has 0 saturated carbocycles. The van der Waals surface area contributed by atoms with Gasteiger partial charge in [-0.1, -0.05) is 30.3 Å². The Balaban J connectivity index is 1.51. The number of aromatic amines is 1. The van der Waals surface area contributed by atoms with E-state index >= 15 is 0 Å². The number of benzene rings is 1. The number of imidazole rings is 1. The van der Waals surface area contributed by atoms with Crippen LogP contribution in [0.5, 0.6) is 0 Å². The Morgan fingerprint density at radius 1 is 1.28 bits per heavy atom. The number of aryl methyl sites for hydroxylation is 1. The van der Waals surface area contributed by atoms with Gasteiger partial charge in [-0.2, -0.15) is 0 Å². The third kappa shape index (κ3) is 3.09. The van der Waals surface area contributed by atoms with Crippen molar-refractivity contribution in [2.24, 2.45) is 0 Å². The van der Waals surface area contributed by atoms with E-state index in [1.807, 2.05) is 36.2 Å². The van der Waals surface area contributed by atoms with Crippen molar-refractivity contribution in [1.29, 1.82) is 0 Å². The van der Waals surface area contributed by atoms with Gasteiger partial charge in [-0.3, -0.25) is 4.79 Å². The van der Waals surface area contributed by atoms with Crippen LogP contribution in [0.1, 0.15) is 40.7 Å². The molecule has 3 aromatic rings. The zero-order valence-corrected chi connectivity index (χ0v) is 14.2. The molecule has 1 aliphatic rings. The number of nitrogens with one attached hydrogen (secondary N) is 1. The maximum atomic E-state index is 12.7. The first-order chi connectivity index (χ1) is 12.2. The van der Waals surface area contributed by atoms with E-state index in [9.17, 15) is 4.79 Å². The maximum absolute atomic E-state index is 12.7. The van der Waals surface area contributed by atoms with Crippen molar-refractivity contribution in [3.8, 4) is 11.3 Å². The predicted octanol–water partition coefficient (Wildman–Crippen LogP) is 4.00. The number of nitrogens with zero attached hydrogens (tertiary/aromatic N) is 2. The Bertz CT molecular complexity index is 866. The van der Waals surface area contributed by atoms with Crippen molar-refractivity contribution in [1.82, 2.24) is 14.9 Å². The molecule has 5 nitrogen and oxygen atoms in total. The Labute approximate surface area is 146 Å². The Hall–Kier alpha value is -2.82. The minimum atomic E-state index is 0.0470. The summed E-state index contributed by atoms with van der Waals surface area (Å²) in [6, 6.07) is 11.9. The van der Waals surface area contributed by atoms with Crippen molar-refractivity contribution < 1.29 is 9.21 Å². The standard InChI is InChI=1S/C20H21N3O2/c1-14-17(9-11-25-14)20(24)23-10-5-8-16(13-23)19-21-12-18(22-19)15-6-3-2-4-7-15/h2-4,6-7,9,11-12,16H,5,8,10,13H2,1H3,(H,21,22)/t16-/m0/s1. The van der Waals surface area contributed by atoms with Gasteiger partial charge in [-0.25, -0.2) is 4.98 Å². The van der Waals surface area contributed by atoms with Crippen LogP contribution in [0.15, 0.2) is 53.3 Å². The second kappa shape index (κ2) is 6.59. The molecule has 0 unspecified atom stereocenters. The van der Waals surface area contributed by atoms with Gasteiger partial charge in [-0.15, -0.1) is 0 Å². The second-order valence-electron chi connectivity index (χ2n) is 6.53. The van der Waals surface area contributed by atoms with Gasteiger partial charge < -0.3 is 14.3 Å². The second-order valence-corrected chi connectivity index (χ2v) is 6.53. The summed E-state index contributed by atoms with van der Waals surface area (Å²) in [5, 5.41) is 0. The summed E-state index contributed by atoms with van der Waals surface area (Å²) in [5.41, 5.74) is 2.80. The molecule has 4 rings (SSSR count). The normalized spacial score (nSPS) is 17.6. The number of furan rings is 1. The highest BCUT2D eigenvalue weighted by molar-refractivity contribution is 5.95. The molecule has 1 aromatic carbocycles. The lowest BCUT2D eigenvalue weighted by Gasteiger charge is -2.31. The number of H-pyrrole nitrogens is 1. The summed E-state index contributed by atoms with van der Waals surface area (Å²) in [7, 11) is 0. The minimum absolute atomic E-state index is 0.0470. The van der Waals surface area contributed by atoms with E-state index in [1.165, 1.54) is 0 Å². The van der Waals surface area contributed by atoms with E-state index in [0.717, 1.165) is 36.5 Å². The zero-order chi connectivity index (χ0) is 17.2. The molecule has 0 bridgehead atoms. The Morgan fingerprint density at radius 2 is 2.12 bits per heavy atom. The molecule has 1 N–H and O–H groups in total. The highest BCUT2D eigenvalue weighted by Crippen LogP contribution is 2.28. The quantitative estimate of drug-likeness (QED) is 0.787. The van der Waals surface area contributed by atoms with Crippen LogP contribution in [-0.4, -0.2) is 33.9 Å². The fourth-order valence-electron chi connectivity index (χ4n) is 3.47. The monoisotopic (exact) mass is 335 g/mol. The van der Waals surface area contributed by atoms with Gasteiger partial charge in [0.25, 0.3) is 5.91 Å². The average Bonchev–Trinajstić information content (AvgIpc) is 3.31. The third-order valence-electron chi connectivity index (χ3n) is 4.86. The number of likely N-dealkylation sites (tertiary alicyclic amines) is 1. The van der Waals surface area contributed by atoms with Gasteiger partial charge in [0.15, 0.2) is 0 Å². The molecule has 5 heteroatoms. The summed E-state index contributed by atoms with van der Waals surface area (Å²) in [6.07, 6.45) is 5.47. The van der Waals surface area contributed by atoms with Crippen LogP contribution in [0.4, 0.5) is 0 Å². The molecule has 2 aromatic heterocycles. The van der Waals surface area contributed by atoms with Crippen molar-refractivity contribution in [3.05, 3.63) is 66.0 Å². The summed E-state index contributed by atoms with van der Waals surface area (Å²) >= 11 is 0. The Morgan fingerprint density at radius 3 is 2.88 bits per heavy atom. The molecule has 25 heavy (non-hydrogen) atoms. The van der Waals surface area contributed by atoms with E-state index in [0.29, 0.717) is 17.9 Å². The fraction of sp³-hybridized carbons (Fsp3) is 0.300. The molecular weight excluding hydrogens is 314 g/mol. The highest BCUT2D eigenvalue weighted by atomic mass is 16.3. The lowest BCUT2D eigenvalue weighted by Crippen LogP contribution is -2.39. The van der Waals surface area contributed by atoms with Gasteiger partial charge in [0.2, 0.25) is 0 Å². The topological polar surface area (TPSA) is 62.1 Å². The van der Waals surface area contributed by atoms with Gasteiger partial charge >= 0.3 is 0 Å². The SMILES string of the molecule is Cc1occc1C(=O)N1CCC[C@H](c2ncc(-c3ccccc3)[nH]2)C1. The first kappa shape index (κ1) is 15.7. The summed E-state index contributed by atoms with van der Waals surface area (Å²) in [6.45, 7) is 3.30. The highest BCUT2D eigenvalue weighted by Gasteiger charge is 2.28. The maximum Gasteiger partial charge on any atom is 0.257 e. The minimum Gasteiger partial charge on any atom is -0.469 e. The molecule has 0 spiro atoms. The molecule has 128 valence electrons. The van der Waals surface area contributed by atoms with E-state index in [1.54, 1.807) is 12.3 Å². The van der Waals surface area contributed by atoms with E-state index in [-0.39, 0.29) is 11.8 Å². The molecule has 0 aliphatic carbocycles. The fourth-order valence-corrected chi connectivity index (χ4v) is 3.47. The van der Waals surface area contributed by atoms with E-state index in [2.05, 4.69) is 22.1 Å². The number of rotatable bonds is 3. The first-order valence-electron chi connectivity index (χ1n) is 8.66. The number of aromatic nitrogens is 2. The molecular formula is C20H21N3O2. The number of amides is 1. The number of piperidine rings is 1. The van der Waals surface area contributed by atoms with E-state index < -0.39 is 0 Å². The van der Waals surface area contributed by atoms with Gasteiger partial charge in [0, 0.05) is 19.0 Å². The number of carbonyl (C=O) groups excluding carboxylic acids is 1. The number of carbonyl (C=O) groups is 1. The number of hydrogen-bond donors (Lipinski definition) is 1. The molecule has 1 aliphatic heterocycles. The molecule has 1 amide bonds. The van der Waals surface area contributed by atoms with Crippen molar-refractivity contribution in [2.75, 3.05) is 13.1 Å². The van der Waals surface area contributed by atoms with Gasteiger partial charge in [0.05, 0.1) is 23.7 Å². The van der Waals surface area contributed by atoms with Crippen molar-refractivity contribution in [2.45, 2.75) is 25.7 Å². The van der Waals surface area contributed by atoms with Gasteiger partial charge in [0.1, 0.15) is 11.6 Å². The Kier molecular flexibility index (Phi) is 4.14. The summed E-state index contributed by atoms with van der Waals surface area (Å²) in [4.78, 5) is 22.6. The van der Waals surface area contributed by atoms with Crippen LogP contribution < -0.4 is 0 Å². The van der Waals surface area contributed by atoms with Crippen LogP contribution in [0.25, 0.3) is 11.3 Å².